The molecule has 0 unspecified atom stereocenters. The Hall–Kier alpha value is -2.93. The van der Waals surface area contributed by atoms with Gasteiger partial charge in [-0.25, -0.2) is 4.39 Å². The van der Waals surface area contributed by atoms with Crippen molar-refractivity contribution in [3.8, 4) is 5.75 Å². The van der Waals surface area contributed by atoms with Gasteiger partial charge in [0.25, 0.3) is 0 Å². The third-order valence-electron chi connectivity index (χ3n) is 4.24. The Balaban J connectivity index is 1.75. The van der Waals surface area contributed by atoms with Gasteiger partial charge in [0.1, 0.15) is 11.6 Å². The van der Waals surface area contributed by atoms with Crippen LogP contribution in [0.1, 0.15) is 10.4 Å². The summed E-state index contributed by atoms with van der Waals surface area (Å²) in [5.74, 6) is -1.98. The number of piperazine rings is 1. The van der Waals surface area contributed by atoms with Crippen molar-refractivity contribution in [2.75, 3.05) is 31.6 Å². The van der Waals surface area contributed by atoms with Gasteiger partial charge in [0.05, 0.1) is 19.3 Å². The molecule has 1 heterocycles. The molecule has 1 saturated heterocycles. The summed E-state index contributed by atoms with van der Waals surface area (Å²) in [6.45, 7) is 0.113. The van der Waals surface area contributed by atoms with Crippen molar-refractivity contribution in [1.29, 1.82) is 0 Å². The van der Waals surface area contributed by atoms with Gasteiger partial charge in [0.2, 0.25) is 0 Å². The van der Waals surface area contributed by atoms with Crippen LogP contribution in [0.2, 0.25) is 5.02 Å². The summed E-state index contributed by atoms with van der Waals surface area (Å²) in [4.78, 5) is 39.8. The maximum Gasteiger partial charge on any atom is 0.316 e. The van der Waals surface area contributed by atoms with E-state index in [1.54, 1.807) is 18.2 Å². The van der Waals surface area contributed by atoms with Crippen LogP contribution in [0, 0.1) is 5.82 Å². The van der Waals surface area contributed by atoms with Crippen LogP contribution in [0.25, 0.3) is 0 Å². The lowest BCUT2D eigenvalue weighted by atomic mass is 10.1. The number of amides is 2. The van der Waals surface area contributed by atoms with Crippen molar-refractivity contribution in [3.63, 3.8) is 0 Å². The molecule has 0 aliphatic carbocycles. The van der Waals surface area contributed by atoms with Crippen LogP contribution in [0.5, 0.6) is 5.75 Å². The molecule has 0 aromatic heterocycles. The first-order chi connectivity index (χ1) is 12.9. The third-order valence-corrected chi connectivity index (χ3v) is 4.48. The number of anilines is 1. The van der Waals surface area contributed by atoms with Gasteiger partial charge in [0, 0.05) is 23.7 Å². The molecule has 6 nitrogen and oxygen atoms in total. The largest absolute Gasteiger partial charge is 0.495 e. The second kappa shape index (κ2) is 7.75. The Labute approximate surface area is 160 Å². The number of rotatable bonds is 5. The Kier molecular flexibility index (Phi) is 5.41. The third kappa shape index (κ3) is 3.93. The highest BCUT2D eigenvalue weighted by atomic mass is 35.5. The molecular weight excluding hydrogens is 375 g/mol. The van der Waals surface area contributed by atoms with Gasteiger partial charge >= 0.3 is 11.8 Å². The first-order valence-electron chi connectivity index (χ1n) is 8.14. The lowest BCUT2D eigenvalue weighted by Gasteiger charge is -2.34. The van der Waals surface area contributed by atoms with Crippen molar-refractivity contribution in [3.05, 3.63) is 58.9 Å². The SMILES string of the molecule is COc1ccc(Cl)cc1N1CCN(CC(=O)c2ccc(F)cc2)C(=O)C1=O. The molecule has 140 valence electrons. The zero-order chi connectivity index (χ0) is 19.6. The number of methoxy groups -OCH3 is 1. The highest BCUT2D eigenvalue weighted by molar-refractivity contribution is 6.41. The first kappa shape index (κ1) is 18.8. The first-order valence-corrected chi connectivity index (χ1v) is 8.51. The van der Waals surface area contributed by atoms with E-state index in [1.807, 2.05) is 0 Å². The van der Waals surface area contributed by atoms with Crippen molar-refractivity contribution in [2.45, 2.75) is 0 Å². The van der Waals surface area contributed by atoms with E-state index < -0.39 is 17.6 Å². The fourth-order valence-electron chi connectivity index (χ4n) is 2.83. The van der Waals surface area contributed by atoms with Gasteiger partial charge in [-0.05, 0) is 42.5 Å². The molecule has 27 heavy (non-hydrogen) atoms. The Morgan fingerprint density at radius 3 is 2.48 bits per heavy atom. The average Bonchev–Trinajstić information content (AvgIpc) is 2.66. The number of Topliss-reactive ketones (excluding diaryl/α,β-unsaturated/α-hetero) is 1. The summed E-state index contributed by atoms with van der Waals surface area (Å²) < 4.78 is 18.2. The molecule has 1 aliphatic rings. The van der Waals surface area contributed by atoms with E-state index >= 15 is 0 Å². The average molecular weight is 391 g/mol. The van der Waals surface area contributed by atoms with Crippen molar-refractivity contribution < 1.29 is 23.5 Å². The van der Waals surface area contributed by atoms with Crippen molar-refractivity contribution >= 4 is 34.9 Å². The number of ether oxygens (including phenoxy) is 1. The predicted molar refractivity (Wildman–Crippen MR) is 97.7 cm³/mol. The second-order valence-electron chi connectivity index (χ2n) is 5.93. The molecular formula is C19H16ClFN2O4. The molecule has 1 aliphatic heterocycles. The summed E-state index contributed by atoms with van der Waals surface area (Å²) >= 11 is 5.99. The Bertz CT molecular complexity index is 901. The lowest BCUT2D eigenvalue weighted by molar-refractivity contribution is -0.145. The standard InChI is InChI=1S/C19H16ClFN2O4/c1-27-17-7-4-13(20)10-15(17)23-9-8-22(18(25)19(23)26)11-16(24)12-2-5-14(21)6-3-12/h2-7,10H,8-9,11H2,1H3. The zero-order valence-electron chi connectivity index (χ0n) is 14.4. The normalized spacial score (nSPS) is 14.5. The van der Waals surface area contributed by atoms with Crippen LogP contribution in [0.15, 0.2) is 42.5 Å². The topological polar surface area (TPSA) is 66.9 Å². The molecule has 8 heteroatoms. The number of ketones is 1. The number of carbonyl (C=O) groups excluding carboxylic acids is 3. The molecule has 2 aromatic carbocycles. The minimum Gasteiger partial charge on any atom is -0.495 e. The molecule has 0 radical (unpaired) electrons. The van der Waals surface area contributed by atoms with E-state index in [1.165, 1.54) is 41.2 Å². The molecule has 0 spiro atoms. The molecule has 0 N–H and O–H groups in total. The molecule has 0 atom stereocenters. The number of halogens is 2. The minimum absolute atomic E-state index is 0.174. The van der Waals surface area contributed by atoms with E-state index in [0.717, 1.165) is 0 Å². The monoisotopic (exact) mass is 390 g/mol. The van der Waals surface area contributed by atoms with Gasteiger partial charge in [-0.15, -0.1) is 0 Å². The van der Waals surface area contributed by atoms with Crippen LogP contribution in [0.3, 0.4) is 0 Å². The molecule has 0 saturated carbocycles. The second-order valence-corrected chi connectivity index (χ2v) is 6.37. The van der Waals surface area contributed by atoms with Crippen molar-refractivity contribution in [1.82, 2.24) is 4.90 Å². The van der Waals surface area contributed by atoms with Crippen molar-refractivity contribution in [2.24, 2.45) is 0 Å². The molecule has 2 aromatic rings. The number of hydrogen-bond acceptors (Lipinski definition) is 4. The van der Waals surface area contributed by atoms with Crippen LogP contribution < -0.4 is 9.64 Å². The lowest BCUT2D eigenvalue weighted by Crippen LogP contribution is -2.55. The Morgan fingerprint density at radius 1 is 1.11 bits per heavy atom. The predicted octanol–water partition coefficient (Wildman–Crippen LogP) is 2.55. The van der Waals surface area contributed by atoms with E-state index in [0.29, 0.717) is 16.5 Å². The van der Waals surface area contributed by atoms with Gasteiger partial charge in [-0.1, -0.05) is 11.6 Å². The van der Waals surface area contributed by atoms with E-state index in [4.69, 9.17) is 16.3 Å². The molecule has 0 bridgehead atoms. The maximum atomic E-state index is 13.0. The summed E-state index contributed by atoms with van der Waals surface area (Å²) in [5, 5.41) is 0.403. The summed E-state index contributed by atoms with van der Waals surface area (Å²) in [7, 11) is 1.46. The van der Waals surface area contributed by atoms with E-state index in [-0.39, 0.29) is 31.0 Å². The van der Waals surface area contributed by atoms with Gasteiger partial charge < -0.3 is 9.64 Å². The minimum atomic E-state index is -0.793. The van der Waals surface area contributed by atoms with Crippen LogP contribution in [-0.2, 0) is 9.59 Å². The smallest absolute Gasteiger partial charge is 0.316 e. The van der Waals surface area contributed by atoms with Crippen LogP contribution in [-0.4, -0.2) is 49.2 Å². The van der Waals surface area contributed by atoms with E-state index in [9.17, 15) is 18.8 Å². The number of hydrogen-bond donors (Lipinski definition) is 0. The fourth-order valence-corrected chi connectivity index (χ4v) is 3.00. The fraction of sp³-hybridized carbons (Fsp3) is 0.211. The molecule has 2 amide bonds. The number of carbonyl (C=O) groups is 3. The maximum absolute atomic E-state index is 13.0. The summed E-state index contributed by atoms with van der Waals surface area (Å²) in [6, 6.07) is 9.81. The summed E-state index contributed by atoms with van der Waals surface area (Å²) in [6.07, 6.45) is 0. The van der Waals surface area contributed by atoms with Gasteiger partial charge in [0.15, 0.2) is 5.78 Å². The highest BCUT2D eigenvalue weighted by Gasteiger charge is 2.35. The number of nitrogens with zero attached hydrogens (tertiary/aromatic N) is 2. The van der Waals surface area contributed by atoms with E-state index in [2.05, 4.69) is 0 Å². The molecule has 3 rings (SSSR count). The van der Waals surface area contributed by atoms with Gasteiger partial charge in [-0.3, -0.25) is 19.3 Å². The van der Waals surface area contributed by atoms with Crippen LogP contribution in [0.4, 0.5) is 10.1 Å². The molecule has 1 fully saturated rings. The summed E-state index contributed by atoms with van der Waals surface area (Å²) in [5.41, 5.74) is 0.670. The van der Waals surface area contributed by atoms with Crippen LogP contribution >= 0.6 is 11.6 Å². The quantitative estimate of drug-likeness (QED) is 0.581. The Morgan fingerprint density at radius 2 is 1.81 bits per heavy atom. The van der Waals surface area contributed by atoms with Gasteiger partial charge in [-0.2, -0.15) is 0 Å². The number of benzene rings is 2. The zero-order valence-corrected chi connectivity index (χ0v) is 15.2. The highest BCUT2D eigenvalue weighted by Crippen LogP contribution is 2.32.